The normalized spacial score (nSPS) is 23.3. The van der Waals surface area contributed by atoms with E-state index in [1.165, 1.54) is 0 Å². The predicted octanol–water partition coefficient (Wildman–Crippen LogP) is 3.44. The molecule has 114 valence electrons. The van der Waals surface area contributed by atoms with Crippen LogP contribution in [-0.4, -0.2) is 17.9 Å². The van der Waals surface area contributed by atoms with Crippen LogP contribution in [0.2, 0.25) is 0 Å². The third-order valence-corrected chi connectivity index (χ3v) is 3.88. The SMILES string of the molecule is CC(C)OC(=O)[C@H]1[C@@H](C(=O)c2ccccc2)[C@@H]1c1ccco1. The van der Waals surface area contributed by atoms with Crippen molar-refractivity contribution in [1.29, 1.82) is 0 Å². The summed E-state index contributed by atoms with van der Waals surface area (Å²) in [6.45, 7) is 3.60. The van der Waals surface area contributed by atoms with E-state index in [0.29, 0.717) is 11.3 Å². The van der Waals surface area contributed by atoms with Gasteiger partial charge in [-0.3, -0.25) is 9.59 Å². The first-order valence-corrected chi connectivity index (χ1v) is 7.42. The first kappa shape index (κ1) is 14.6. The fourth-order valence-electron chi connectivity index (χ4n) is 2.87. The Hall–Kier alpha value is -2.36. The molecule has 1 heterocycles. The largest absolute Gasteiger partial charge is 0.469 e. The van der Waals surface area contributed by atoms with E-state index < -0.39 is 11.8 Å². The zero-order chi connectivity index (χ0) is 15.7. The van der Waals surface area contributed by atoms with E-state index in [1.54, 1.807) is 44.4 Å². The van der Waals surface area contributed by atoms with Gasteiger partial charge in [-0.05, 0) is 26.0 Å². The lowest BCUT2D eigenvalue weighted by atomic mass is 10.1. The van der Waals surface area contributed by atoms with Gasteiger partial charge < -0.3 is 9.15 Å². The molecular weight excluding hydrogens is 280 g/mol. The molecular formula is C18H18O4. The molecule has 0 bridgehead atoms. The van der Waals surface area contributed by atoms with Gasteiger partial charge in [-0.25, -0.2) is 0 Å². The Labute approximate surface area is 129 Å². The van der Waals surface area contributed by atoms with Crippen LogP contribution in [0.15, 0.2) is 53.1 Å². The number of carbonyl (C=O) groups excluding carboxylic acids is 2. The zero-order valence-electron chi connectivity index (χ0n) is 12.6. The quantitative estimate of drug-likeness (QED) is 0.626. The minimum absolute atomic E-state index is 0.0345. The van der Waals surface area contributed by atoms with Gasteiger partial charge in [-0.1, -0.05) is 30.3 Å². The van der Waals surface area contributed by atoms with Crippen molar-refractivity contribution in [3.05, 3.63) is 60.1 Å². The summed E-state index contributed by atoms with van der Waals surface area (Å²) in [5, 5.41) is 0. The Balaban J connectivity index is 1.84. The number of Topliss-reactive ketones (excluding diaryl/α,β-unsaturated/α-hetero) is 1. The van der Waals surface area contributed by atoms with Gasteiger partial charge in [0.25, 0.3) is 0 Å². The second-order valence-corrected chi connectivity index (χ2v) is 5.81. The van der Waals surface area contributed by atoms with Crippen molar-refractivity contribution in [2.45, 2.75) is 25.9 Å². The average Bonchev–Trinajstić information content (AvgIpc) is 3.01. The molecule has 1 aliphatic rings. The van der Waals surface area contributed by atoms with Crippen molar-refractivity contribution in [2.75, 3.05) is 0 Å². The maximum Gasteiger partial charge on any atom is 0.310 e. The Morgan fingerprint density at radius 3 is 2.36 bits per heavy atom. The van der Waals surface area contributed by atoms with Crippen LogP contribution < -0.4 is 0 Å². The third-order valence-electron chi connectivity index (χ3n) is 3.88. The number of esters is 1. The Morgan fingerprint density at radius 2 is 1.77 bits per heavy atom. The molecule has 22 heavy (non-hydrogen) atoms. The molecule has 1 saturated carbocycles. The molecule has 0 aliphatic heterocycles. The van der Waals surface area contributed by atoms with E-state index in [1.807, 2.05) is 18.2 Å². The zero-order valence-corrected chi connectivity index (χ0v) is 12.6. The summed E-state index contributed by atoms with van der Waals surface area (Å²) in [6.07, 6.45) is 1.36. The van der Waals surface area contributed by atoms with E-state index in [4.69, 9.17) is 9.15 Å². The van der Waals surface area contributed by atoms with E-state index in [9.17, 15) is 9.59 Å². The standard InChI is InChI=1S/C18H18O4/c1-11(2)22-18(20)16-14(13-9-6-10-21-13)15(16)17(19)12-7-4-3-5-8-12/h3-11,14-16H,1-2H3/t14-,15-,16+/m0/s1. The van der Waals surface area contributed by atoms with E-state index in [-0.39, 0.29) is 23.8 Å². The molecule has 0 radical (unpaired) electrons. The lowest BCUT2D eigenvalue weighted by molar-refractivity contribution is -0.149. The van der Waals surface area contributed by atoms with Crippen LogP contribution >= 0.6 is 0 Å². The molecule has 1 fully saturated rings. The van der Waals surface area contributed by atoms with Crippen LogP contribution in [0.5, 0.6) is 0 Å². The number of rotatable bonds is 5. The van der Waals surface area contributed by atoms with Gasteiger partial charge in [0.2, 0.25) is 0 Å². The number of benzene rings is 1. The summed E-state index contributed by atoms with van der Waals surface area (Å²) in [7, 11) is 0. The first-order valence-electron chi connectivity index (χ1n) is 7.42. The monoisotopic (exact) mass is 298 g/mol. The van der Waals surface area contributed by atoms with Crippen LogP contribution in [0, 0.1) is 11.8 Å². The van der Waals surface area contributed by atoms with Crippen molar-refractivity contribution in [3.8, 4) is 0 Å². The summed E-state index contributed by atoms with van der Waals surface area (Å²) in [5.74, 6) is -0.784. The Kier molecular flexibility index (Phi) is 3.84. The fourth-order valence-corrected chi connectivity index (χ4v) is 2.87. The van der Waals surface area contributed by atoms with Gasteiger partial charge in [-0.15, -0.1) is 0 Å². The molecule has 3 rings (SSSR count). The highest BCUT2D eigenvalue weighted by Crippen LogP contribution is 2.56. The average molecular weight is 298 g/mol. The molecule has 1 aromatic heterocycles. The summed E-state index contributed by atoms with van der Waals surface area (Å²) < 4.78 is 10.7. The summed E-state index contributed by atoms with van der Waals surface area (Å²) in [5.41, 5.74) is 0.615. The lowest BCUT2D eigenvalue weighted by Gasteiger charge is -2.07. The smallest absolute Gasteiger partial charge is 0.310 e. The number of hydrogen-bond acceptors (Lipinski definition) is 4. The molecule has 0 unspecified atom stereocenters. The van der Waals surface area contributed by atoms with Gasteiger partial charge in [0.15, 0.2) is 5.78 Å². The predicted molar refractivity (Wildman–Crippen MR) is 80.4 cm³/mol. The maximum absolute atomic E-state index is 12.7. The highest BCUT2D eigenvalue weighted by atomic mass is 16.5. The van der Waals surface area contributed by atoms with Crippen LogP contribution in [0.1, 0.15) is 35.9 Å². The van der Waals surface area contributed by atoms with E-state index in [2.05, 4.69) is 0 Å². The second-order valence-electron chi connectivity index (χ2n) is 5.81. The maximum atomic E-state index is 12.7. The second kappa shape index (κ2) is 5.79. The molecule has 2 aromatic rings. The number of hydrogen-bond donors (Lipinski definition) is 0. The molecule has 0 saturated heterocycles. The minimum atomic E-state index is -0.457. The van der Waals surface area contributed by atoms with Crippen LogP contribution in [0.3, 0.4) is 0 Å². The van der Waals surface area contributed by atoms with Crippen molar-refractivity contribution in [2.24, 2.45) is 11.8 Å². The molecule has 0 amide bonds. The van der Waals surface area contributed by atoms with Crippen molar-refractivity contribution >= 4 is 11.8 Å². The van der Waals surface area contributed by atoms with Gasteiger partial charge in [0, 0.05) is 17.4 Å². The summed E-state index contributed by atoms with van der Waals surface area (Å²) in [6, 6.07) is 12.6. The van der Waals surface area contributed by atoms with Crippen molar-refractivity contribution < 1.29 is 18.7 Å². The van der Waals surface area contributed by atoms with Crippen LogP contribution in [0.25, 0.3) is 0 Å². The molecule has 1 aromatic carbocycles. The van der Waals surface area contributed by atoms with E-state index >= 15 is 0 Å². The Bertz CT molecular complexity index is 658. The van der Waals surface area contributed by atoms with Crippen molar-refractivity contribution in [1.82, 2.24) is 0 Å². The van der Waals surface area contributed by atoms with Crippen LogP contribution in [-0.2, 0) is 9.53 Å². The summed E-state index contributed by atoms with van der Waals surface area (Å²) in [4.78, 5) is 24.9. The molecule has 4 heteroatoms. The highest BCUT2D eigenvalue weighted by molar-refractivity contribution is 6.04. The number of carbonyl (C=O) groups is 2. The lowest BCUT2D eigenvalue weighted by Crippen LogP contribution is -2.16. The Morgan fingerprint density at radius 1 is 1.05 bits per heavy atom. The van der Waals surface area contributed by atoms with Gasteiger partial charge in [0.1, 0.15) is 5.76 Å². The van der Waals surface area contributed by atoms with Crippen LogP contribution in [0.4, 0.5) is 0 Å². The fraction of sp³-hybridized carbons (Fsp3) is 0.333. The number of ether oxygens (including phenoxy) is 1. The van der Waals surface area contributed by atoms with Gasteiger partial charge >= 0.3 is 5.97 Å². The molecule has 4 nitrogen and oxygen atoms in total. The van der Waals surface area contributed by atoms with Crippen molar-refractivity contribution in [3.63, 3.8) is 0 Å². The summed E-state index contributed by atoms with van der Waals surface area (Å²) >= 11 is 0. The molecule has 1 aliphatic carbocycles. The number of ketones is 1. The third kappa shape index (κ3) is 2.69. The molecule has 0 spiro atoms. The molecule has 3 atom stereocenters. The first-order chi connectivity index (χ1) is 10.6. The topological polar surface area (TPSA) is 56.5 Å². The van der Waals surface area contributed by atoms with Gasteiger partial charge in [-0.2, -0.15) is 0 Å². The minimum Gasteiger partial charge on any atom is -0.469 e. The van der Waals surface area contributed by atoms with Gasteiger partial charge in [0.05, 0.1) is 18.3 Å². The van der Waals surface area contributed by atoms with E-state index in [0.717, 1.165) is 0 Å². The highest BCUT2D eigenvalue weighted by Gasteiger charge is 2.61. The molecule has 0 N–H and O–H groups in total. The number of furan rings is 1.